The lowest BCUT2D eigenvalue weighted by Crippen LogP contribution is -2.05. The first kappa shape index (κ1) is 18.3. The van der Waals surface area contributed by atoms with Crippen molar-refractivity contribution in [2.45, 2.75) is 90.9 Å². The van der Waals surface area contributed by atoms with Gasteiger partial charge < -0.3 is 0 Å². The van der Waals surface area contributed by atoms with Crippen LogP contribution in [0.4, 0.5) is 0 Å². The van der Waals surface area contributed by atoms with E-state index in [0.717, 1.165) is 5.92 Å². The molecule has 0 nitrogen and oxygen atoms in total. The van der Waals surface area contributed by atoms with E-state index in [0.29, 0.717) is 0 Å². The van der Waals surface area contributed by atoms with Crippen LogP contribution in [0.25, 0.3) is 5.57 Å². The van der Waals surface area contributed by atoms with E-state index >= 15 is 0 Å². The summed E-state index contributed by atoms with van der Waals surface area (Å²) in [6.07, 6.45) is 18.8. The van der Waals surface area contributed by atoms with Gasteiger partial charge in [0, 0.05) is 0 Å². The number of unbranched alkanes of at least 4 members (excludes halogenated alkanes) is 5. The van der Waals surface area contributed by atoms with E-state index in [9.17, 15) is 0 Å². The Morgan fingerprint density at radius 2 is 1.61 bits per heavy atom. The lowest BCUT2D eigenvalue weighted by molar-refractivity contribution is 0.428. The summed E-state index contributed by atoms with van der Waals surface area (Å²) >= 11 is 0. The fourth-order valence-electron chi connectivity index (χ4n) is 3.74. The summed E-state index contributed by atoms with van der Waals surface area (Å²) in [7, 11) is 0. The summed E-state index contributed by atoms with van der Waals surface area (Å²) in [5, 5.41) is 0. The van der Waals surface area contributed by atoms with Gasteiger partial charge in [0.15, 0.2) is 0 Å². The monoisotopic (exact) mass is 312 g/mol. The molecule has 1 unspecified atom stereocenters. The van der Waals surface area contributed by atoms with Gasteiger partial charge in [-0.1, -0.05) is 89.1 Å². The fourth-order valence-corrected chi connectivity index (χ4v) is 3.74. The van der Waals surface area contributed by atoms with Crippen LogP contribution in [0.2, 0.25) is 0 Å². The summed E-state index contributed by atoms with van der Waals surface area (Å²) < 4.78 is 0. The Morgan fingerprint density at radius 1 is 0.870 bits per heavy atom. The molecule has 0 fully saturated rings. The number of hydrogen-bond donors (Lipinski definition) is 0. The van der Waals surface area contributed by atoms with Crippen molar-refractivity contribution in [3.63, 3.8) is 0 Å². The molecule has 0 saturated carbocycles. The van der Waals surface area contributed by atoms with Gasteiger partial charge >= 0.3 is 0 Å². The molecular weight excluding hydrogens is 276 g/mol. The first-order valence-electron chi connectivity index (χ1n) is 10.1. The van der Waals surface area contributed by atoms with Crippen molar-refractivity contribution < 1.29 is 0 Å². The van der Waals surface area contributed by atoms with Gasteiger partial charge in [-0.25, -0.2) is 0 Å². The van der Waals surface area contributed by atoms with Gasteiger partial charge in [-0.15, -0.1) is 0 Å². The highest BCUT2D eigenvalue weighted by Crippen LogP contribution is 2.32. The quantitative estimate of drug-likeness (QED) is 0.391. The summed E-state index contributed by atoms with van der Waals surface area (Å²) in [6, 6.07) is 9.43. The van der Waals surface area contributed by atoms with Gasteiger partial charge in [-0.2, -0.15) is 0 Å². The topological polar surface area (TPSA) is 0 Å². The van der Waals surface area contributed by atoms with Crippen LogP contribution in [-0.4, -0.2) is 0 Å². The number of allylic oxidation sites excluding steroid dienone is 2. The van der Waals surface area contributed by atoms with E-state index in [4.69, 9.17) is 0 Å². The third-order valence-electron chi connectivity index (χ3n) is 5.38. The number of hydrogen-bond acceptors (Lipinski definition) is 0. The minimum Gasteiger partial charge on any atom is -0.0804 e. The highest BCUT2D eigenvalue weighted by Gasteiger charge is 2.15. The molecule has 2 rings (SSSR count). The molecule has 1 aliphatic carbocycles. The number of aryl methyl sites for hydroxylation is 1. The molecule has 0 N–H and O–H groups in total. The third kappa shape index (κ3) is 6.53. The minimum atomic E-state index is 0.947. The summed E-state index contributed by atoms with van der Waals surface area (Å²) in [5.74, 6) is 0.947. The largest absolute Gasteiger partial charge is 0.0804 e. The first-order valence-corrected chi connectivity index (χ1v) is 10.1. The molecule has 0 radical (unpaired) electrons. The molecule has 0 aromatic heterocycles. The zero-order valence-corrected chi connectivity index (χ0v) is 15.4. The predicted octanol–water partition coefficient (Wildman–Crippen LogP) is 7.57. The zero-order chi connectivity index (χ0) is 16.3. The second kappa shape index (κ2) is 10.7. The van der Waals surface area contributed by atoms with Crippen LogP contribution in [0, 0.1) is 5.92 Å². The molecule has 0 heterocycles. The van der Waals surface area contributed by atoms with Gasteiger partial charge in [0.2, 0.25) is 0 Å². The molecule has 1 atom stereocenters. The van der Waals surface area contributed by atoms with Crippen LogP contribution >= 0.6 is 0 Å². The Morgan fingerprint density at radius 3 is 2.26 bits per heavy atom. The van der Waals surface area contributed by atoms with Crippen molar-refractivity contribution in [2.24, 2.45) is 5.92 Å². The first-order chi connectivity index (χ1) is 11.3. The molecule has 0 heteroatoms. The molecule has 23 heavy (non-hydrogen) atoms. The van der Waals surface area contributed by atoms with Gasteiger partial charge in [0.1, 0.15) is 0 Å². The van der Waals surface area contributed by atoms with Crippen LogP contribution < -0.4 is 0 Å². The van der Waals surface area contributed by atoms with Crippen molar-refractivity contribution in [2.75, 3.05) is 0 Å². The Balaban J connectivity index is 1.78. The lowest BCUT2D eigenvalue weighted by atomic mass is 9.83. The molecular formula is C23H36. The SMILES string of the molecule is CCCCCCc1ccc(C2=CCC(CCCCC)CC2)cc1. The van der Waals surface area contributed by atoms with E-state index in [-0.39, 0.29) is 0 Å². The van der Waals surface area contributed by atoms with Crippen LogP contribution in [0.15, 0.2) is 30.3 Å². The third-order valence-corrected chi connectivity index (χ3v) is 5.38. The van der Waals surface area contributed by atoms with Crippen LogP contribution in [-0.2, 0) is 6.42 Å². The predicted molar refractivity (Wildman–Crippen MR) is 104 cm³/mol. The second-order valence-corrected chi connectivity index (χ2v) is 7.37. The molecule has 0 saturated heterocycles. The van der Waals surface area contributed by atoms with Crippen LogP contribution in [0.5, 0.6) is 0 Å². The molecule has 1 aromatic carbocycles. The van der Waals surface area contributed by atoms with Crippen molar-refractivity contribution >= 4 is 5.57 Å². The second-order valence-electron chi connectivity index (χ2n) is 7.37. The van der Waals surface area contributed by atoms with E-state index in [1.807, 2.05) is 0 Å². The highest BCUT2D eigenvalue weighted by atomic mass is 14.2. The Hall–Kier alpha value is -1.04. The molecule has 0 amide bonds. The Bertz CT molecular complexity index is 451. The molecule has 1 aromatic rings. The molecule has 0 bridgehead atoms. The molecule has 0 aliphatic heterocycles. The fraction of sp³-hybridized carbons (Fsp3) is 0.652. The number of benzene rings is 1. The van der Waals surface area contributed by atoms with Crippen LogP contribution in [0.3, 0.4) is 0 Å². The van der Waals surface area contributed by atoms with Gasteiger partial charge in [-0.05, 0) is 54.7 Å². The maximum atomic E-state index is 2.52. The average Bonchev–Trinajstić information content (AvgIpc) is 2.60. The molecule has 128 valence electrons. The highest BCUT2D eigenvalue weighted by molar-refractivity contribution is 5.66. The van der Waals surface area contributed by atoms with Crippen molar-refractivity contribution in [1.82, 2.24) is 0 Å². The van der Waals surface area contributed by atoms with Crippen LogP contribution in [0.1, 0.15) is 95.6 Å². The van der Waals surface area contributed by atoms with E-state index in [1.54, 1.807) is 5.57 Å². The van der Waals surface area contributed by atoms with Crippen molar-refractivity contribution in [3.8, 4) is 0 Å². The van der Waals surface area contributed by atoms with Gasteiger partial charge in [-0.3, -0.25) is 0 Å². The summed E-state index contributed by atoms with van der Waals surface area (Å²) in [6.45, 7) is 4.58. The molecule has 0 spiro atoms. The maximum Gasteiger partial charge on any atom is -0.0228 e. The standard InChI is InChI=1S/C23H36/c1-3-5-7-9-11-21-14-18-23(19-15-21)22-16-12-20(13-17-22)10-8-6-4-2/h14-16,18-20H,3-13,17H2,1-2H3. The van der Waals surface area contributed by atoms with E-state index < -0.39 is 0 Å². The van der Waals surface area contributed by atoms with E-state index in [1.165, 1.54) is 88.2 Å². The molecule has 1 aliphatic rings. The van der Waals surface area contributed by atoms with Gasteiger partial charge in [0.05, 0.1) is 0 Å². The van der Waals surface area contributed by atoms with E-state index in [2.05, 4.69) is 44.2 Å². The van der Waals surface area contributed by atoms with Crippen molar-refractivity contribution in [1.29, 1.82) is 0 Å². The summed E-state index contributed by atoms with van der Waals surface area (Å²) in [5.41, 5.74) is 4.57. The van der Waals surface area contributed by atoms with Gasteiger partial charge in [0.25, 0.3) is 0 Å². The Labute approximate surface area is 144 Å². The normalized spacial score (nSPS) is 18.0. The zero-order valence-electron chi connectivity index (χ0n) is 15.4. The minimum absolute atomic E-state index is 0.947. The van der Waals surface area contributed by atoms with Crippen molar-refractivity contribution in [3.05, 3.63) is 41.5 Å². The smallest absolute Gasteiger partial charge is 0.0228 e. The maximum absolute atomic E-state index is 2.52. The number of rotatable bonds is 10. The summed E-state index contributed by atoms with van der Waals surface area (Å²) in [4.78, 5) is 0. The Kier molecular flexibility index (Phi) is 8.50. The average molecular weight is 313 g/mol. The lowest BCUT2D eigenvalue weighted by Gasteiger charge is -2.22.